The molecule has 1 saturated heterocycles. The van der Waals surface area contributed by atoms with Crippen molar-refractivity contribution in [2.24, 2.45) is 5.92 Å². The largest absolute Gasteiger partial charge is 0.456 e. The fourth-order valence-electron chi connectivity index (χ4n) is 4.95. The van der Waals surface area contributed by atoms with Crippen LogP contribution in [0.5, 0.6) is 11.5 Å². The summed E-state index contributed by atoms with van der Waals surface area (Å²) in [5, 5.41) is 15.6. The van der Waals surface area contributed by atoms with Gasteiger partial charge < -0.3 is 25.7 Å². The van der Waals surface area contributed by atoms with E-state index in [1.807, 2.05) is 59.6 Å². The standard InChI is InChI=1S/C28H34N4O2/c1-19-7-10-24-26(32(19)28(33)20-8-9-20)12-11-23(27(24)34-22-5-3-2-4-6-22)25(29)15-18-31-21-13-16-30-17-14-21/h2-6,11-12,15,18-21,29-31H,7-10,13-14,16-17H2,1H3/b18-15-,29-25?. The Bertz CT molecular complexity index is 1070. The van der Waals surface area contributed by atoms with E-state index < -0.39 is 0 Å². The summed E-state index contributed by atoms with van der Waals surface area (Å²) in [6.07, 6.45) is 9.58. The Labute approximate surface area is 201 Å². The Morgan fingerprint density at radius 1 is 1.09 bits per heavy atom. The van der Waals surface area contributed by atoms with Crippen LogP contribution in [0.15, 0.2) is 54.7 Å². The summed E-state index contributed by atoms with van der Waals surface area (Å²) >= 11 is 0. The number of para-hydroxylation sites is 1. The molecule has 1 amide bonds. The van der Waals surface area contributed by atoms with E-state index in [1.54, 1.807) is 0 Å². The second-order valence-corrected chi connectivity index (χ2v) is 9.66. The van der Waals surface area contributed by atoms with Crippen LogP contribution in [0.4, 0.5) is 5.69 Å². The number of benzene rings is 2. The first-order valence-electron chi connectivity index (χ1n) is 12.6. The molecule has 2 heterocycles. The Hall–Kier alpha value is -3.12. The number of ether oxygens (including phenoxy) is 1. The van der Waals surface area contributed by atoms with Crippen molar-refractivity contribution in [2.45, 2.75) is 57.5 Å². The Morgan fingerprint density at radius 2 is 1.85 bits per heavy atom. The van der Waals surface area contributed by atoms with Crippen LogP contribution in [0, 0.1) is 11.3 Å². The van der Waals surface area contributed by atoms with Gasteiger partial charge in [-0.05, 0) is 95.1 Å². The molecule has 1 saturated carbocycles. The van der Waals surface area contributed by atoms with Gasteiger partial charge in [-0.2, -0.15) is 0 Å². The maximum absolute atomic E-state index is 13.1. The zero-order valence-electron chi connectivity index (χ0n) is 19.8. The summed E-state index contributed by atoms with van der Waals surface area (Å²) in [5.41, 5.74) is 3.11. The van der Waals surface area contributed by atoms with Gasteiger partial charge in [0.1, 0.15) is 11.5 Å². The molecule has 5 rings (SSSR count). The monoisotopic (exact) mass is 458 g/mol. The van der Waals surface area contributed by atoms with Gasteiger partial charge in [0.2, 0.25) is 5.91 Å². The fraction of sp³-hybridized carbons (Fsp3) is 0.429. The third kappa shape index (κ3) is 4.87. The molecule has 2 aliphatic heterocycles. The van der Waals surface area contributed by atoms with Crippen LogP contribution in [0.25, 0.3) is 0 Å². The van der Waals surface area contributed by atoms with Crippen LogP contribution in [0.3, 0.4) is 0 Å². The number of fused-ring (bicyclic) bond motifs is 1. The molecule has 34 heavy (non-hydrogen) atoms. The molecular formula is C28H34N4O2. The lowest BCUT2D eigenvalue weighted by Crippen LogP contribution is -2.43. The maximum Gasteiger partial charge on any atom is 0.230 e. The van der Waals surface area contributed by atoms with Gasteiger partial charge in [-0.15, -0.1) is 0 Å². The number of piperidine rings is 1. The van der Waals surface area contributed by atoms with Crippen molar-refractivity contribution in [3.8, 4) is 11.5 Å². The van der Waals surface area contributed by atoms with E-state index in [0.29, 0.717) is 17.5 Å². The highest BCUT2D eigenvalue weighted by molar-refractivity contribution is 6.09. The fourth-order valence-corrected chi connectivity index (χ4v) is 4.95. The number of nitrogens with one attached hydrogen (secondary N) is 3. The molecule has 3 aliphatic rings. The number of carbonyl (C=O) groups is 1. The van der Waals surface area contributed by atoms with Gasteiger partial charge in [0, 0.05) is 29.1 Å². The van der Waals surface area contributed by atoms with Gasteiger partial charge in [-0.3, -0.25) is 4.79 Å². The number of hydrogen-bond donors (Lipinski definition) is 3. The van der Waals surface area contributed by atoms with E-state index in [1.165, 1.54) is 0 Å². The molecule has 0 bridgehead atoms. The van der Waals surface area contributed by atoms with Gasteiger partial charge in [0.15, 0.2) is 0 Å². The maximum atomic E-state index is 13.1. The number of amides is 1. The van der Waals surface area contributed by atoms with Crippen molar-refractivity contribution in [1.29, 1.82) is 5.41 Å². The van der Waals surface area contributed by atoms with Gasteiger partial charge >= 0.3 is 0 Å². The highest BCUT2D eigenvalue weighted by atomic mass is 16.5. The minimum absolute atomic E-state index is 0.161. The summed E-state index contributed by atoms with van der Waals surface area (Å²) in [7, 11) is 0. The number of hydrogen-bond acceptors (Lipinski definition) is 5. The predicted molar refractivity (Wildman–Crippen MR) is 136 cm³/mol. The average Bonchev–Trinajstić information content (AvgIpc) is 3.71. The lowest BCUT2D eigenvalue weighted by molar-refractivity contribution is -0.120. The first kappa shape index (κ1) is 22.7. The summed E-state index contributed by atoms with van der Waals surface area (Å²) in [6, 6.07) is 14.3. The predicted octanol–water partition coefficient (Wildman–Crippen LogP) is 4.78. The van der Waals surface area contributed by atoms with Crippen LogP contribution in [0.1, 0.15) is 50.2 Å². The highest BCUT2D eigenvalue weighted by Gasteiger charge is 2.39. The van der Waals surface area contributed by atoms with E-state index in [9.17, 15) is 4.79 Å². The second-order valence-electron chi connectivity index (χ2n) is 9.66. The Morgan fingerprint density at radius 3 is 2.59 bits per heavy atom. The van der Waals surface area contributed by atoms with Gasteiger partial charge in [0.05, 0.1) is 11.4 Å². The molecule has 1 atom stereocenters. The molecule has 178 valence electrons. The van der Waals surface area contributed by atoms with Crippen molar-refractivity contribution in [2.75, 3.05) is 18.0 Å². The minimum Gasteiger partial charge on any atom is -0.456 e. The Balaban J connectivity index is 1.47. The number of carbonyl (C=O) groups excluding carboxylic acids is 1. The topological polar surface area (TPSA) is 77.5 Å². The highest BCUT2D eigenvalue weighted by Crippen LogP contribution is 2.43. The van der Waals surface area contributed by atoms with Crippen molar-refractivity contribution >= 4 is 17.3 Å². The van der Waals surface area contributed by atoms with Gasteiger partial charge in [-0.25, -0.2) is 0 Å². The van der Waals surface area contributed by atoms with E-state index in [4.69, 9.17) is 10.1 Å². The quantitative estimate of drug-likeness (QED) is 0.522. The second kappa shape index (κ2) is 10.0. The third-order valence-electron chi connectivity index (χ3n) is 7.09. The molecule has 0 radical (unpaired) electrons. The lowest BCUT2D eigenvalue weighted by Gasteiger charge is -2.36. The van der Waals surface area contributed by atoms with Crippen molar-refractivity contribution < 1.29 is 9.53 Å². The van der Waals surface area contributed by atoms with Crippen molar-refractivity contribution in [3.05, 3.63) is 65.9 Å². The molecule has 6 heteroatoms. The van der Waals surface area contributed by atoms with Crippen LogP contribution in [-0.4, -0.2) is 36.8 Å². The normalized spacial score (nSPS) is 20.7. The number of anilines is 1. The number of allylic oxidation sites excluding steroid dienone is 1. The minimum atomic E-state index is 0.161. The molecule has 0 spiro atoms. The molecule has 3 N–H and O–H groups in total. The molecule has 6 nitrogen and oxygen atoms in total. The van der Waals surface area contributed by atoms with Crippen molar-refractivity contribution in [3.63, 3.8) is 0 Å². The van der Waals surface area contributed by atoms with Crippen LogP contribution < -0.4 is 20.3 Å². The van der Waals surface area contributed by atoms with Gasteiger partial charge in [0.25, 0.3) is 0 Å². The molecule has 2 fully saturated rings. The van der Waals surface area contributed by atoms with E-state index in [-0.39, 0.29) is 17.9 Å². The summed E-state index contributed by atoms with van der Waals surface area (Å²) < 4.78 is 6.42. The first-order chi connectivity index (χ1) is 16.6. The Kier molecular flexibility index (Phi) is 6.68. The van der Waals surface area contributed by atoms with Crippen molar-refractivity contribution in [1.82, 2.24) is 10.6 Å². The zero-order valence-corrected chi connectivity index (χ0v) is 19.8. The van der Waals surface area contributed by atoms with E-state index >= 15 is 0 Å². The van der Waals surface area contributed by atoms with Crippen LogP contribution in [-0.2, 0) is 11.2 Å². The van der Waals surface area contributed by atoms with Gasteiger partial charge in [-0.1, -0.05) is 18.2 Å². The summed E-state index contributed by atoms with van der Waals surface area (Å²) in [4.78, 5) is 15.1. The number of rotatable bonds is 7. The molecule has 0 aromatic heterocycles. The summed E-state index contributed by atoms with van der Waals surface area (Å²) in [5.74, 6) is 1.82. The third-order valence-corrected chi connectivity index (χ3v) is 7.09. The molecular weight excluding hydrogens is 424 g/mol. The number of nitrogens with zero attached hydrogens (tertiary/aromatic N) is 1. The molecule has 2 aromatic rings. The van der Waals surface area contributed by atoms with Crippen LogP contribution >= 0.6 is 0 Å². The van der Waals surface area contributed by atoms with E-state index in [2.05, 4.69) is 17.6 Å². The summed E-state index contributed by atoms with van der Waals surface area (Å²) in [6.45, 7) is 4.18. The average molecular weight is 459 g/mol. The SMILES string of the molecule is CC1CCc2c(ccc(C(=N)/C=C\NC3CCNCC3)c2Oc2ccccc2)N1C(=O)C1CC1. The molecule has 2 aromatic carbocycles. The smallest absolute Gasteiger partial charge is 0.230 e. The molecule has 1 aliphatic carbocycles. The molecule has 1 unspecified atom stereocenters. The van der Waals surface area contributed by atoms with Crippen LogP contribution in [0.2, 0.25) is 0 Å². The van der Waals surface area contributed by atoms with E-state index in [0.717, 1.165) is 74.2 Å². The zero-order chi connectivity index (χ0) is 23.5. The lowest BCUT2D eigenvalue weighted by atomic mass is 9.92. The first-order valence-corrected chi connectivity index (χ1v) is 12.6.